The number of nitrogens with zero attached hydrogens (tertiary/aromatic N) is 2. The van der Waals surface area contributed by atoms with E-state index in [-0.39, 0.29) is 43.7 Å². The van der Waals surface area contributed by atoms with Gasteiger partial charge in [-0.2, -0.15) is 0 Å². The monoisotopic (exact) mass is 593 g/mol. The summed E-state index contributed by atoms with van der Waals surface area (Å²) in [6.07, 6.45) is 1.86. The van der Waals surface area contributed by atoms with Crippen LogP contribution in [0.5, 0.6) is 5.75 Å². The molecule has 8 nitrogen and oxygen atoms in total. The van der Waals surface area contributed by atoms with E-state index in [0.717, 1.165) is 22.9 Å². The van der Waals surface area contributed by atoms with Gasteiger partial charge < -0.3 is 15.0 Å². The summed E-state index contributed by atoms with van der Waals surface area (Å²) >= 11 is 0. The van der Waals surface area contributed by atoms with Crippen molar-refractivity contribution in [1.29, 1.82) is 0 Å². The summed E-state index contributed by atoms with van der Waals surface area (Å²) in [4.78, 5) is 29.2. The highest BCUT2D eigenvalue weighted by atomic mass is 32.2. The van der Waals surface area contributed by atoms with Crippen molar-refractivity contribution >= 4 is 27.5 Å². The highest BCUT2D eigenvalue weighted by Gasteiger charge is 2.31. The fourth-order valence-electron chi connectivity index (χ4n) is 4.72. The fourth-order valence-corrected chi connectivity index (χ4v) is 5.67. The number of amides is 2. The van der Waals surface area contributed by atoms with Gasteiger partial charge in [-0.3, -0.25) is 13.9 Å². The van der Waals surface area contributed by atoms with E-state index in [2.05, 4.69) is 5.32 Å². The molecule has 1 N–H and O–H groups in total. The van der Waals surface area contributed by atoms with Crippen LogP contribution in [0, 0.1) is 12.8 Å². The highest BCUT2D eigenvalue weighted by Crippen LogP contribution is 2.24. The minimum Gasteiger partial charge on any atom is -0.497 e. The van der Waals surface area contributed by atoms with Crippen LogP contribution >= 0.6 is 0 Å². The Labute approximate surface area is 250 Å². The first-order valence-electron chi connectivity index (χ1n) is 14.3. The lowest BCUT2D eigenvalue weighted by molar-refractivity contribution is -0.141. The molecule has 1 atom stereocenters. The van der Waals surface area contributed by atoms with Crippen LogP contribution in [-0.4, -0.2) is 57.6 Å². The van der Waals surface area contributed by atoms with E-state index < -0.39 is 16.1 Å². The first-order valence-corrected chi connectivity index (χ1v) is 16.1. The molecule has 0 bridgehead atoms. The molecule has 42 heavy (non-hydrogen) atoms. The zero-order valence-corrected chi connectivity index (χ0v) is 26.1. The van der Waals surface area contributed by atoms with Crippen molar-refractivity contribution < 1.29 is 22.7 Å². The summed E-state index contributed by atoms with van der Waals surface area (Å²) in [5, 5.41) is 3.03. The summed E-state index contributed by atoms with van der Waals surface area (Å²) < 4.78 is 31.9. The topological polar surface area (TPSA) is 96.0 Å². The summed E-state index contributed by atoms with van der Waals surface area (Å²) in [6.45, 7) is 6.92. The minimum atomic E-state index is -3.61. The lowest BCUT2D eigenvalue weighted by Crippen LogP contribution is -2.51. The van der Waals surface area contributed by atoms with Gasteiger partial charge in [0.25, 0.3) is 0 Å². The first-order chi connectivity index (χ1) is 20.0. The SMILES string of the molecule is COc1cccc(N(CCCC(=O)N(Cc2ccccc2C)[C@@H](Cc2ccccc2)C(=O)NCC(C)C)S(C)(=O)=O)c1. The molecule has 0 aromatic heterocycles. The van der Waals surface area contributed by atoms with Crippen LogP contribution < -0.4 is 14.4 Å². The van der Waals surface area contributed by atoms with Crippen LogP contribution in [0.3, 0.4) is 0 Å². The smallest absolute Gasteiger partial charge is 0.243 e. The number of ether oxygens (including phenoxy) is 1. The Morgan fingerprint density at radius 2 is 1.64 bits per heavy atom. The van der Waals surface area contributed by atoms with Gasteiger partial charge in [-0.1, -0.05) is 74.5 Å². The van der Waals surface area contributed by atoms with E-state index in [0.29, 0.717) is 24.4 Å². The molecular weight excluding hydrogens is 550 g/mol. The number of anilines is 1. The van der Waals surface area contributed by atoms with Gasteiger partial charge in [0.05, 0.1) is 19.1 Å². The number of carbonyl (C=O) groups is 2. The zero-order chi connectivity index (χ0) is 30.7. The molecule has 0 aliphatic carbocycles. The number of benzene rings is 3. The zero-order valence-electron chi connectivity index (χ0n) is 25.2. The maximum Gasteiger partial charge on any atom is 0.243 e. The van der Waals surface area contributed by atoms with Crippen molar-refractivity contribution in [3.05, 3.63) is 95.6 Å². The molecule has 3 rings (SSSR count). The Morgan fingerprint density at radius 1 is 0.952 bits per heavy atom. The van der Waals surface area contributed by atoms with E-state index in [1.807, 2.05) is 75.4 Å². The van der Waals surface area contributed by atoms with Crippen LogP contribution in [0.15, 0.2) is 78.9 Å². The van der Waals surface area contributed by atoms with E-state index in [9.17, 15) is 18.0 Å². The Morgan fingerprint density at radius 3 is 2.29 bits per heavy atom. The molecule has 0 spiro atoms. The summed E-state index contributed by atoms with van der Waals surface area (Å²) in [5.74, 6) is 0.379. The van der Waals surface area contributed by atoms with Crippen LogP contribution in [0.1, 0.15) is 43.4 Å². The molecular formula is C33H43N3O5S. The first kappa shape index (κ1) is 32.7. The average Bonchev–Trinajstić information content (AvgIpc) is 2.96. The quantitative estimate of drug-likeness (QED) is 0.269. The van der Waals surface area contributed by atoms with E-state index in [1.165, 1.54) is 11.4 Å². The Bertz CT molecular complexity index is 1430. The number of carbonyl (C=O) groups excluding carboxylic acids is 2. The van der Waals surface area contributed by atoms with Crippen molar-refractivity contribution in [2.24, 2.45) is 5.92 Å². The van der Waals surface area contributed by atoms with Crippen LogP contribution in [-0.2, 0) is 32.6 Å². The molecule has 0 fully saturated rings. The normalized spacial score (nSPS) is 12.0. The van der Waals surface area contributed by atoms with Crippen molar-refractivity contribution in [2.45, 2.75) is 52.6 Å². The molecule has 0 aliphatic heterocycles. The molecule has 0 radical (unpaired) electrons. The van der Waals surface area contributed by atoms with Gasteiger partial charge in [-0.25, -0.2) is 8.42 Å². The third kappa shape index (κ3) is 9.62. The molecule has 2 amide bonds. The lowest BCUT2D eigenvalue weighted by Gasteiger charge is -2.32. The number of rotatable bonds is 15. The second-order valence-electron chi connectivity index (χ2n) is 10.9. The summed E-state index contributed by atoms with van der Waals surface area (Å²) in [5.41, 5.74) is 3.40. The van der Waals surface area contributed by atoms with Crippen LogP contribution in [0.4, 0.5) is 5.69 Å². The molecule has 3 aromatic carbocycles. The third-order valence-electron chi connectivity index (χ3n) is 7.05. The number of sulfonamides is 1. The summed E-state index contributed by atoms with van der Waals surface area (Å²) in [6, 6.07) is 23.6. The number of nitrogens with one attached hydrogen (secondary N) is 1. The molecule has 9 heteroatoms. The van der Waals surface area contributed by atoms with Crippen LogP contribution in [0.25, 0.3) is 0 Å². The molecule has 0 saturated carbocycles. The van der Waals surface area contributed by atoms with E-state index in [4.69, 9.17) is 4.74 Å². The number of hydrogen-bond donors (Lipinski definition) is 1. The van der Waals surface area contributed by atoms with Crippen molar-refractivity contribution in [1.82, 2.24) is 10.2 Å². The van der Waals surface area contributed by atoms with Crippen molar-refractivity contribution in [3.8, 4) is 5.75 Å². The van der Waals surface area contributed by atoms with E-state index in [1.54, 1.807) is 29.2 Å². The van der Waals surface area contributed by atoms with Gasteiger partial charge in [0.2, 0.25) is 21.8 Å². The van der Waals surface area contributed by atoms with Gasteiger partial charge in [-0.15, -0.1) is 0 Å². The minimum absolute atomic E-state index is 0.0740. The molecule has 0 aliphatic rings. The second-order valence-corrected chi connectivity index (χ2v) is 12.8. The standard InChI is InChI=1S/C33H43N3O5S/c1-25(2)23-34-33(38)31(21-27-14-7-6-8-15-27)35(24-28-16-10-9-13-26(28)3)32(37)19-12-20-36(42(5,39)40)29-17-11-18-30(22-29)41-4/h6-11,13-18,22,25,31H,12,19-21,23-24H2,1-5H3,(H,34,38)/t31-/m0/s1. The third-order valence-corrected chi connectivity index (χ3v) is 8.25. The largest absolute Gasteiger partial charge is 0.497 e. The predicted octanol–water partition coefficient (Wildman–Crippen LogP) is 4.96. The van der Waals surface area contributed by atoms with Crippen LogP contribution in [0.2, 0.25) is 0 Å². The van der Waals surface area contributed by atoms with E-state index >= 15 is 0 Å². The average molecular weight is 594 g/mol. The van der Waals surface area contributed by atoms with Crippen molar-refractivity contribution in [2.75, 3.05) is 30.8 Å². The Kier molecular flexibility index (Phi) is 12.0. The number of hydrogen-bond acceptors (Lipinski definition) is 5. The Hall–Kier alpha value is -3.85. The molecule has 226 valence electrons. The maximum absolute atomic E-state index is 14.0. The van der Waals surface area contributed by atoms with Gasteiger partial charge in [-0.05, 0) is 48.1 Å². The van der Waals surface area contributed by atoms with Gasteiger partial charge in [0.15, 0.2) is 0 Å². The fraction of sp³-hybridized carbons (Fsp3) is 0.394. The second kappa shape index (κ2) is 15.4. The van der Waals surface area contributed by atoms with Gasteiger partial charge in [0.1, 0.15) is 11.8 Å². The molecule has 0 saturated heterocycles. The molecule has 3 aromatic rings. The highest BCUT2D eigenvalue weighted by molar-refractivity contribution is 7.92. The molecule has 0 heterocycles. The van der Waals surface area contributed by atoms with Gasteiger partial charge >= 0.3 is 0 Å². The predicted molar refractivity (Wildman–Crippen MR) is 168 cm³/mol. The molecule has 0 unspecified atom stereocenters. The summed E-state index contributed by atoms with van der Waals surface area (Å²) in [7, 11) is -2.09. The number of aryl methyl sites for hydroxylation is 1. The van der Waals surface area contributed by atoms with Crippen molar-refractivity contribution in [3.63, 3.8) is 0 Å². The Balaban J connectivity index is 1.89. The van der Waals surface area contributed by atoms with Gasteiger partial charge in [0, 0.05) is 38.5 Å². The maximum atomic E-state index is 14.0. The lowest BCUT2D eigenvalue weighted by atomic mass is 10.0. The number of methoxy groups -OCH3 is 1.